The number of amides is 1. The summed E-state index contributed by atoms with van der Waals surface area (Å²) in [5.41, 5.74) is 5.51. The van der Waals surface area contributed by atoms with Gasteiger partial charge in [-0.05, 0) is 19.1 Å². The second-order valence-electron chi connectivity index (χ2n) is 3.61. The van der Waals surface area contributed by atoms with Crippen molar-refractivity contribution in [2.24, 2.45) is 5.73 Å². The molecule has 0 aliphatic rings. The molecule has 3 N–H and O–H groups in total. The molecule has 0 radical (unpaired) electrons. The molecular formula is C11H15N3O3. The second-order valence-corrected chi connectivity index (χ2v) is 3.61. The normalized spacial score (nSPS) is 11.9. The molecule has 0 aliphatic heterocycles. The molecular weight excluding hydrogens is 222 g/mol. The highest BCUT2D eigenvalue weighted by atomic mass is 16.4. The third-order valence-corrected chi connectivity index (χ3v) is 2.13. The fourth-order valence-corrected chi connectivity index (χ4v) is 1.30. The van der Waals surface area contributed by atoms with Gasteiger partial charge in [0.05, 0.1) is 12.5 Å². The Hall–Kier alpha value is -1.95. The minimum absolute atomic E-state index is 0.0622. The number of carbonyl (C=O) groups is 2. The van der Waals surface area contributed by atoms with Crippen molar-refractivity contribution in [1.29, 1.82) is 0 Å². The Kier molecular flexibility index (Phi) is 4.59. The lowest BCUT2D eigenvalue weighted by Gasteiger charge is -2.22. The molecule has 1 aromatic rings. The first kappa shape index (κ1) is 13.1. The van der Waals surface area contributed by atoms with E-state index in [1.807, 2.05) is 0 Å². The highest BCUT2D eigenvalue weighted by molar-refractivity contribution is 5.96. The van der Waals surface area contributed by atoms with Crippen molar-refractivity contribution in [2.45, 2.75) is 19.4 Å². The van der Waals surface area contributed by atoms with Gasteiger partial charge in [-0.2, -0.15) is 0 Å². The molecule has 6 nitrogen and oxygen atoms in total. The number of carboxylic acids is 1. The monoisotopic (exact) mass is 237 g/mol. The first-order chi connectivity index (χ1) is 8.02. The zero-order valence-electron chi connectivity index (χ0n) is 9.54. The van der Waals surface area contributed by atoms with Crippen LogP contribution in [0.15, 0.2) is 24.4 Å². The zero-order chi connectivity index (χ0) is 12.8. The van der Waals surface area contributed by atoms with E-state index in [1.165, 1.54) is 11.1 Å². The van der Waals surface area contributed by atoms with Gasteiger partial charge in [0, 0.05) is 12.7 Å². The summed E-state index contributed by atoms with van der Waals surface area (Å²) < 4.78 is 0. The summed E-state index contributed by atoms with van der Waals surface area (Å²) in [4.78, 5) is 27.7. The van der Waals surface area contributed by atoms with Gasteiger partial charge in [0.25, 0.3) is 0 Å². The molecule has 1 heterocycles. The number of nitrogens with two attached hydrogens (primary N) is 1. The van der Waals surface area contributed by atoms with Crippen molar-refractivity contribution >= 4 is 17.7 Å². The van der Waals surface area contributed by atoms with Crippen LogP contribution in [0.1, 0.15) is 13.3 Å². The minimum Gasteiger partial charge on any atom is -0.481 e. The molecule has 1 amide bonds. The van der Waals surface area contributed by atoms with E-state index >= 15 is 0 Å². The maximum Gasteiger partial charge on any atom is 0.305 e. The zero-order valence-corrected chi connectivity index (χ0v) is 9.54. The molecule has 1 aromatic heterocycles. The van der Waals surface area contributed by atoms with Crippen molar-refractivity contribution in [2.75, 3.05) is 11.4 Å². The summed E-state index contributed by atoms with van der Waals surface area (Å²) in [6.45, 7) is 1.62. The van der Waals surface area contributed by atoms with Crippen LogP contribution < -0.4 is 10.6 Å². The van der Waals surface area contributed by atoms with Crippen LogP contribution in [0.2, 0.25) is 0 Å². The van der Waals surface area contributed by atoms with Crippen molar-refractivity contribution < 1.29 is 14.7 Å². The number of anilines is 1. The van der Waals surface area contributed by atoms with E-state index in [0.717, 1.165) is 0 Å². The Morgan fingerprint density at radius 1 is 1.53 bits per heavy atom. The molecule has 0 aliphatic carbocycles. The summed E-state index contributed by atoms with van der Waals surface area (Å²) in [6, 6.07) is 4.40. The first-order valence-corrected chi connectivity index (χ1v) is 5.22. The molecule has 0 bridgehead atoms. The second kappa shape index (κ2) is 5.95. The Labute approximate surface area is 99.1 Å². The van der Waals surface area contributed by atoms with Crippen LogP contribution >= 0.6 is 0 Å². The number of carboxylic acid groups (broad SMARTS) is 1. The minimum atomic E-state index is -0.969. The Balaban J connectivity index is 2.86. The lowest BCUT2D eigenvalue weighted by atomic mass is 10.2. The summed E-state index contributed by atoms with van der Waals surface area (Å²) >= 11 is 0. The average molecular weight is 237 g/mol. The molecule has 92 valence electrons. The molecule has 0 saturated carbocycles. The van der Waals surface area contributed by atoms with Crippen molar-refractivity contribution in [3.63, 3.8) is 0 Å². The molecule has 0 unspecified atom stereocenters. The standard InChI is InChI=1S/C11H15N3O3/c1-8(12)11(17)14(7-5-10(15)16)9-4-2-3-6-13-9/h2-4,6,8H,5,7,12H2,1H3,(H,15,16)/t8-/m0/s1. The molecule has 1 rings (SSSR count). The van der Waals surface area contributed by atoms with Gasteiger partial charge in [0.15, 0.2) is 0 Å². The van der Waals surface area contributed by atoms with Gasteiger partial charge in [-0.1, -0.05) is 6.07 Å². The molecule has 0 aromatic carbocycles. The predicted octanol–water partition coefficient (Wildman–Crippen LogP) is 0.237. The number of nitrogens with zero attached hydrogens (tertiary/aromatic N) is 2. The number of rotatable bonds is 5. The van der Waals surface area contributed by atoms with Crippen LogP contribution in [0.3, 0.4) is 0 Å². The predicted molar refractivity (Wildman–Crippen MR) is 62.5 cm³/mol. The van der Waals surface area contributed by atoms with Gasteiger partial charge < -0.3 is 10.8 Å². The summed E-state index contributed by atoms with van der Waals surface area (Å²) in [5.74, 6) is -0.899. The van der Waals surface area contributed by atoms with E-state index in [4.69, 9.17) is 10.8 Å². The van der Waals surface area contributed by atoms with Crippen molar-refractivity contribution in [3.8, 4) is 0 Å². The van der Waals surface area contributed by atoms with Crippen LogP contribution in [-0.4, -0.2) is 34.6 Å². The molecule has 0 fully saturated rings. The molecule has 0 saturated heterocycles. The van der Waals surface area contributed by atoms with E-state index in [1.54, 1.807) is 25.1 Å². The fourth-order valence-electron chi connectivity index (χ4n) is 1.30. The van der Waals surface area contributed by atoms with E-state index in [2.05, 4.69) is 4.98 Å². The van der Waals surface area contributed by atoms with Crippen LogP contribution in [0.25, 0.3) is 0 Å². The van der Waals surface area contributed by atoms with Gasteiger partial charge in [0.2, 0.25) is 5.91 Å². The number of carbonyl (C=O) groups excluding carboxylic acids is 1. The highest BCUT2D eigenvalue weighted by Crippen LogP contribution is 2.11. The summed E-state index contributed by atoms with van der Waals surface area (Å²) in [6.07, 6.45) is 1.40. The lowest BCUT2D eigenvalue weighted by Crippen LogP contribution is -2.43. The average Bonchev–Trinajstić information content (AvgIpc) is 2.30. The third-order valence-electron chi connectivity index (χ3n) is 2.13. The third kappa shape index (κ3) is 3.84. The molecule has 17 heavy (non-hydrogen) atoms. The Morgan fingerprint density at radius 2 is 2.24 bits per heavy atom. The van der Waals surface area contributed by atoms with Crippen LogP contribution in [-0.2, 0) is 9.59 Å². The van der Waals surface area contributed by atoms with Gasteiger partial charge in [-0.3, -0.25) is 14.5 Å². The molecule has 0 spiro atoms. The van der Waals surface area contributed by atoms with Crippen molar-refractivity contribution in [3.05, 3.63) is 24.4 Å². The summed E-state index contributed by atoms with van der Waals surface area (Å²) in [7, 11) is 0. The van der Waals surface area contributed by atoms with Gasteiger partial charge in [-0.15, -0.1) is 0 Å². The Morgan fingerprint density at radius 3 is 2.71 bits per heavy atom. The highest BCUT2D eigenvalue weighted by Gasteiger charge is 2.20. The number of hydrogen-bond acceptors (Lipinski definition) is 4. The quantitative estimate of drug-likeness (QED) is 0.764. The number of aromatic nitrogens is 1. The SMILES string of the molecule is C[C@H](N)C(=O)N(CCC(=O)O)c1ccccn1. The maximum absolute atomic E-state index is 11.8. The van der Waals surface area contributed by atoms with Crippen LogP contribution in [0.4, 0.5) is 5.82 Å². The Bertz CT molecular complexity index is 392. The number of aliphatic carboxylic acids is 1. The van der Waals surface area contributed by atoms with E-state index < -0.39 is 12.0 Å². The van der Waals surface area contributed by atoms with Crippen molar-refractivity contribution in [1.82, 2.24) is 4.98 Å². The maximum atomic E-state index is 11.8. The lowest BCUT2D eigenvalue weighted by molar-refractivity contribution is -0.136. The number of hydrogen-bond donors (Lipinski definition) is 2. The molecule has 1 atom stereocenters. The smallest absolute Gasteiger partial charge is 0.305 e. The summed E-state index contributed by atoms with van der Waals surface area (Å²) in [5, 5.41) is 8.64. The van der Waals surface area contributed by atoms with E-state index in [-0.39, 0.29) is 18.9 Å². The largest absolute Gasteiger partial charge is 0.481 e. The van der Waals surface area contributed by atoms with Gasteiger partial charge in [-0.25, -0.2) is 4.98 Å². The van der Waals surface area contributed by atoms with Gasteiger partial charge in [0.1, 0.15) is 5.82 Å². The molecule has 6 heteroatoms. The van der Waals surface area contributed by atoms with E-state index in [9.17, 15) is 9.59 Å². The number of pyridine rings is 1. The van der Waals surface area contributed by atoms with E-state index in [0.29, 0.717) is 5.82 Å². The first-order valence-electron chi connectivity index (χ1n) is 5.22. The van der Waals surface area contributed by atoms with Crippen LogP contribution in [0, 0.1) is 0 Å². The topological polar surface area (TPSA) is 96.5 Å². The van der Waals surface area contributed by atoms with Crippen LogP contribution in [0.5, 0.6) is 0 Å². The van der Waals surface area contributed by atoms with Gasteiger partial charge >= 0.3 is 5.97 Å². The fraction of sp³-hybridized carbons (Fsp3) is 0.364.